The van der Waals surface area contributed by atoms with E-state index < -0.39 is 41.3 Å². The number of alkyl halides is 8. The van der Waals surface area contributed by atoms with Crippen LogP contribution in [0.5, 0.6) is 0 Å². The Hall–Kier alpha value is -3.10. The van der Waals surface area contributed by atoms with Crippen LogP contribution in [0.3, 0.4) is 0 Å². The molecule has 184 valence electrons. The van der Waals surface area contributed by atoms with E-state index >= 15 is 0 Å². The molecule has 0 unspecified atom stereocenters. The molecule has 16 heteroatoms. The van der Waals surface area contributed by atoms with E-state index in [4.69, 9.17) is 11.6 Å². The van der Waals surface area contributed by atoms with Crippen LogP contribution in [0.1, 0.15) is 34.5 Å². The fourth-order valence-corrected chi connectivity index (χ4v) is 3.43. The Morgan fingerprint density at radius 3 is 2.29 bits per heavy atom. The van der Waals surface area contributed by atoms with E-state index in [2.05, 4.69) is 15.5 Å². The molecule has 0 spiro atoms. The lowest BCUT2D eigenvalue weighted by molar-refractivity contribution is -0.292. The number of carbonyl (C=O) groups is 1. The lowest BCUT2D eigenvalue weighted by atomic mass is 10.1. The van der Waals surface area contributed by atoms with Crippen LogP contribution in [0.4, 0.5) is 35.1 Å². The van der Waals surface area contributed by atoms with Gasteiger partial charge in [0.15, 0.2) is 11.5 Å². The molecule has 1 aliphatic carbocycles. The van der Waals surface area contributed by atoms with Crippen molar-refractivity contribution in [1.82, 2.24) is 29.4 Å². The Kier molecular flexibility index (Phi) is 5.45. The lowest BCUT2D eigenvalue weighted by Gasteiger charge is -2.19. The molecule has 1 aliphatic rings. The molecule has 1 fully saturated rings. The highest BCUT2D eigenvalue weighted by molar-refractivity contribution is 6.33. The van der Waals surface area contributed by atoms with Crippen LogP contribution in [-0.2, 0) is 19.1 Å². The summed E-state index contributed by atoms with van der Waals surface area (Å²) in [5, 5.41) is 9.23. The monoisotopic (exact) mass is 516 g/mol. The van der Waals surface area contributed by atoms with Crippen molar-refractivity contribution in [3.63, 3.8) is 0 Å². The molecule has 7 nitrogen and oxygen atoms in total. The molecule has 0 aliphatic heterocycles. The number of nitrogens with one attached hydrogen (secondary N) is 1. The van der Waals surface area contributed by atoms with Gasteiger partial charge in [-0.05, 0) is 12.8 Å². The van der Waals surface area contributed by atoms with Gasteiger partial charge in [0.25, 0.3) is 5.91 Å². The van der Waals surface area contributed by atoms with Crippen molar-refractivity contribution in [3.05, 3.63) is 46.6 Å². The van der Waals surface area contributed by atoms with Crippen LogP contribution >= 0.6 is 11.6 Å². The van der Waals surface area contributed by atoms with Gasteiger partial charge in [-0.3, -0.25) is 4.79 Å². The highest BCUT2D eigenvalue weighted by Crippen LogP contribution is 2.49. The second-order valence-corrected chi connectivity index (χ2v) is 7.97. The molecule has 4 rings (SSSR count). The first-order valence-corrected chi connectivity index (χ1v) is 9.82. The van der Waals surface area contributed by atoms with Gasteiger partial charge in [-0.25, -0.2) is 9.36 Å². The average Bonchev–Trinajstić information content (AvgIpc) is 3.10. The highest BCUT2D eigenvalue weighted by Gasteiger charge is 2.64. The van der Waals surface area contributed by atoms with Gasteiger partial charge in [-0.2, -0.15) is 45.3 Å². The molecule has 1 amide bonds. The molecular formula is C18H13ClF8N6O. The van der Waals surface area contributed by atoms with Crippen molar-refractivity contribution in [3.8, 4) is 11.5 Å². The van der Waals surface area contributed by atoms with Gasteiger partial charge in [0.05, 0.1) is 28.7 Å². The standard InChI is InChI=1S/C18H13ClF8N6O/c1-31-15(12(17(22,23)24)13(30-31)16(20,21)18(25,26)27)33-5-9(4-28-33)32-6-10(11(19)7-32)14(34)29-8-2-3-8/h4-8H,2-3H2,1H3,(H,29,34). The van der Waals surface area contributed by atoms with Crippen LogP contribution in [0, 0.1) is 0 Å². The summed E-state index contributed by atoms with van der Waals surface area (Å²) < 4.78 is 109. The normalized spacial score (nSPS) is 15.1. The molecule has 1 N–H and O–H groups in total. The molecule has 0 atom stereocenters. The zero-order valence-electron chi connectivity index (χ0n) is 16.8. The minimum Gasteiger partial charge on any atom is -0.349 e. The number of nitrogens with zero attached hydrogens (tertiary/aromatic N) is 5. The van der Waals surface area contributed by atoms with Crippen LogP contribution < -0.4 is 5.32 Å². The average molecular weight is 517 g/mol. The van der Waals surface area contributed by atoms with Gasteiger partial charge in [0.1, 0.15) is 5.56 Å². The molecule has 34 heavy (non-hydrogen) atoms. The molecule has 0 radical (unpaired) electrons. The minimum atomic E-state index is -6.31. The van der Waals surface area contributed by atoms with Crippen LogP contribution in [0.15, 0.2) is 24.8 Å². The number of halogens is 9. The summed E-state index contributed by atoms with van der Waals surface area (Å²) in [6, 6.07) is 0.0318. The van der Waals surface area contributed by atoms with Gasteiger partial charge in [-0.15, -0.1) is 0 Å². The maximum Gasteiger partial charge on any atom is 0.459 e. The molecule has 3 aromatic rings. The second-order valence-electron chi connectivity index (χ2n) is 7.56. The van der Waals surface area contributed by atoms with E-state index in [-0.39, 0.29) is 27.0 Å². The predicted molar refractivity (Wildman–Crippen MR) is 100 cm³/mol. The zero-order chi connectivity index (χ0) is 25.2. The van der Waals surface area contributed by atoms with Crippen LogP contribution in [0.25, 0.3) is 11.5 Å². The van der Waals surface area contributed by atoms with Crippen molar-refractivity contribution in [2.75, 3.05) is 0 Å². The molecule has 1 saturated carbocycles. The van der Waals surface area contributed by atoms with E-state index in [1.165, 1.54) is 17.0 Å². The molecule has 3 heterocycles. The van der Waals surface area contributed by atoms with Crippen molar-refractivity contribution in [2.45, 2.75) is 37.2 Å². The number of aromatic nitrogens is 5. The van der Waals surface area contributed by atoms with E-state index in [0.29, 0.717) is 4.68 Å². The number of aryl methyl sites for hydroxylation is 1. The fourth-order valence-electron chi connectivity index (χ4n) is 3.19. The smallest absolute Gasteiger partial charge is 0.349 e. The second kappa shape index (κ2) is 7.71. The van der Waals surface area contributed by atoms with Gasteiger partial charge in [-0.1, -0.05) is 11.6 Å². The first-order chi connectivity index (χ1) is 15.6. The Balaban J connectivity index is 1.77. The third-order valence-electron chi connectivity index (χ3n) is 4.97. The van der Waals surface area contributed by atoms with Gasteiger partial charge in [0.2, 0.25) is 0 Å². The highest BCUT2D eigenvalue weighted by atomic mass is 35.5. The van der Waals surface area contributed by atoms with Crippen molar-refractivity contribution in [2.24, 2.45) is 7.05 Å². The van der Waals surface area contributed by atoms with E-state index in [0.717, 1.165) is 32.3 Å². The molecule has 0 bridgehead atoms. The van der Waals surface area contributed by atoms with Gasteiger partial charge < -0.3 is 9.88 Å². The maximum atomic E-state index is 13.9. The lowest BCUT2D eigenvalue weighted by Crippen LogP contribution is -2.36. The Morgan fingerprint density at radius 1 is 1.09 bits per heavy atom. The Labute approximate surface area is 189 Å². The number of rotatable bonds is 5. The summed E-state index contributed by atoms with van der Waals surface area (Å²) in [6.07, 6.45) is -5.82. The van der Waals surface area contributed by atoms with E-state index in [9.17, 15) is 39.9 Å². The topological polar surface area (TPSA) is 69.7 Å². The summed E-state index contributed by atoms with van der Waals surface area (Å²) in [5.74, 6) is -7.51. The fraction of sp³-hybridized carbons (Fsp3) is 0.389. The summed E-state index contributed by atoms with van der Waals surface area (Å²) in [7, 11) is 0.773. The third kappa shape index (κ3) is 4.12. The summed E-state index contributed by atoms with van der Waals surface area (Å²) in [6.45, 7) is 0. The van der Waals surface area contributed by atoms with Crippen LogP contribution in [0.2, 0.25) is 5.02 Å². The Morgan fingerprint density at radius 2 is 1.74 bits per heavy atom. The minimum absolute atomic E-state index is 0.0227. The largest absolute Gasteiger partial charge is 0.459 e. The quantitative estimate of drug-likeness (QED) is 0.503. The number of amides is 1. The summed E-state index contributed by atoms with van der Waals surface area (Å²) >= 11 is 6.06. The SMILES string of the molecule is Cn1nc(C(F)(F)C(F)(F)F)c(C(F)(F)F)c1-n1cc(-n2cc(Cl)c(C(=O)NC3CC3)c2)cn1. The molecule has 0 aromatic carbocycles. The third-order valence-corrected chi connectivity index (χ3v) is 5.27. The zero-order valence-corrected chi connectivity index (χ0v) is 17.6. The first-order valence-electron chi connectivity index (χ1n) is 9.44. The summed E-state index contributed by atoms with van der Waals surface area (Å²) in [5.41, 5.74) is -4.66. The molecule has 3 aromatic heterocycles. The predicted octanol–water partition coefficient (Wildman–Crippen LogP) is 4.62. The Bertz CT molecular complexity index is 1250. The molecular weight excluding hydrogens is 504 g/mol. The maximum absolute atomic E-state index is 13.9. The number of carbonyl (C=O) groups excluding carboxylic acids is 1. The van der Waals surface area contributed by atoms with Crippen molar-refractivity contribution < 1.29 is 39.9 Å². The number of hydrogen-bond acceptors (Lipinski definition) is 3. The van der Waals surface area contributed by atoms with Crippen molar-refractivity contribution in [1.29, 1.82) is 0 Å². The first kappa shape index (κ1) is 24.0. The van der Waals surface area contributed by atoms with Gasteiger partial charge >= 0.3 is 18.3 Å². The van der Waals surface area contributed by atoms with E-state index in [1.54, 1.807) is 0 Å². The van der Waals surface area contributed by atoms with Crippen LogP contribution in [-0.4, -0.2) is 42.3 Å². The molecule has 0 saturated heterocycles. The van der Waals surface area contributed by atoms with Gasteiger partial charge in [0, 0.05) is 25.5 Å². The summed E-state index contributed by atoms with van der Waals surface area (Å²) in [4.78, 5) is 12.2. The van der Waals surface area contributed by atoms with E-state index in [1.807, 2.05) is 0 Å². The van der Waals surface area contributed by atoms with Crippen molar-refractivity contribution >= 4 is 17.5 Å². The number of hydrogen-bond donors (Lipinski definition) is 1.